The van der Waals surface area contributed by atoms with E-state index in [-0.39, 0.29) is 11.7 Å². The number of benzene rings is 1. The van der Waals surface area contributed by atoms with Crippen molar-refractivity contribution in [3.05, 3.63) is 68.1 Å². The van der Waals surface area contributed by atoms with Gasteiger partial charge in [-0.05, 0) is 36.1 Å². The largest absolute Gasteiger partial charge is 0.296 e. The minimum Gasteiger partial charge on any atom is -0.296 e. The molecule has 0 unspecified atom stereocenters. The summed E-state index contributed by atoms with van der Waals surface area (Å²) in [7, 11) is 0. The third-order valence-electron chi connectivity index (χ3n) is 3.73. The molecular weight excluding hydrogens is 403 g/mol. The van der Waals surface area contributed by atoms with Crippen LogP contribution in [0.3, 0.4) is 0 Å². The van der Waals surface area contributed by atoms with E-state index in [9.17, 15) is 9.18 Å². The number of thiophene rings is 1. The Kier molecular flexibility index (Phi) is 5.06. The Hall–Kier alpha value is -2.49. The Morgan fingerprint density at radius 1 is 1.15 bits per heavy atom. The first-order valence-electron chi connectivity index (χ1n) is 7.96. The fourth-order valence-electron chi connectivity index (χ4n) is 2.42. The van der Waals surface area contributed by atoms with Crippen LogP contribution in [0.25, 0.3) is 10.6 Å². The number of nitrogens with zero attached hydrogens (tertiary/aromatic N) is 3. The fourth-order valence-corrected chi connectivity index (χ4v) is 4.87. The smallest absolute Gasteiger partial charge is 0.269 e. The molecule has 0 aliphatic rings. The molecule has 3 aromatic heterocycles. The Balaban J connectivity index is 1.46. The second-order valence-corrected chi connectivity index (χ2v) is 8.55. The highest BCUT2D eigenvalue weighted by Gasteiger charge is 2.18. The van der Waals surface area contributed by atoms with Crippen molar-refractivity contribution < 1.29 is 9.18 Å². The number of nitrogens with one attached hydrogen (secondary N) is 1. The number of aromatic nitrogens is 3. The Bertz CT molecular complexity index is 1070. The van der Waals surface area contributed by atoms with Crippen LogP contribution in [0.1, 0.15) is 25.9 Å². The third kappa shape index (κ3) is 4.10. The monoisotopic (exact) mass is 416 g/mol. The average molecular weight is 417 g/mol. The van der Waals surface area contributed by atoms with Crippen molar-refractivity contribution in [2.45, 2.75) is 13.3 Å². The van der Waals surface area contributed by atoms with Gasteiger partial charge in [-0.3, -0.25) is 10.1 Å². The van der Waals surface area contributed by atoms with Crippen LogP contribution in [-0.4, -0.2) is 21.1 Å². The van der Waals surface area contributed by atoms with Crippen LogP contribution in [0, 0.1) is 12.7 Å². The van der Waals surface area contributed by atoms with Gasteiger partial charge in [0.05, 0.1) is 5.69 Å². The highest BCUT2D eigenvalue weighted by molar-refractivity contribution is 7.18. The normalized spacial score (nSPS) is 10.9. The zero-order valence-corrected chi connectivity index (χ0v) is 16.6. The number of halogens is 1. The number of aryl methyl sites for hydroxylation is 1. The van der Waals surface area contributed by atoms with Crippen LogP contribution in [0.15, 0.2) is 41.1 Å². The van der Waals surface area contributed by atoms with Gasteiger partial charge in [0.25, 0.3) is 5.91 Å². The van der Waals surface area contributed by atoms with Crippen molar-refractivity contribution in [1.82, 2.24) is 15.2 Å². The summed E-state index contributed by atoms with van der Waals surface area (Å²) in [6.45, 7) is 1.82. The lowest BCUT2D eigenvalue weighted by Gasteiger charge is -1.98. The molecule has 0 spiro atoms. The van der Waals surface area contributed by atoms with Gasteiger partial charge >= 0.3 is 0 Å². The first-order valence-corrected chi connectivity index (χ1v) is 10.5. The molecule has 0 aliphatic carbocycles. The van der Waals surface area contributed by atoms with Gasteiger partial charge in [-0.1, -0.05) is 23.5 Å². The number of hydrogen-bond acceptors (Lipinski definition) is 7. The molecule has 9 heteroatoms. The van der Waals surface area contributed by atoms with Crippen LogP contribution in [0.4, 0.5) is 9.52 Å². The second-order valence-electron chi connectivity index (χ2n) is 5.70. The van der Waals surface area contributed by atoms with E-state index in [1.165, 1.54) is 34.8 Å². The summed E-state index contributed by atoms with van der Waals surface area (Å²) in [5, 5.41) is 16.9. The second kappa shape index (κ2) is 7.63. The van der Waals surface area contributed by atoms with Gasteiger partial charge in [0.2, 0.25) is 5.13 Å². The lowest BCUT2D eigenvalue weighted by Crippen LogP contribution is -2.11. The molecule has 3 heterocycles. The number of amides is 1. The summed E-state index contributed by atoms with van der Waals surface area (Å²) in [6, 6.07) is 8.23. The first kappa shape index (κ1) is 17.9. The summed E-state index contributed by atoms with van der Waals surface area (Å²) in [5.41, 5.74) is 2.64. The zero-order valence-electron chi connectivity index (χ0n) is 14.1. The van der Waals surface area contributed by atoms with Crippen molar-refractivity contribution in [2.24, 2.45) is 0 Å². The van der Waals surface area contributed by atoms with Crippen molar-refractivity contribution >= 4 is 45.0 Å². The van der Waals surface area contributed by atoms with Gasteiger partial charge in [0.1, 0.15) is 20.7 Å². The third-order valence-corrected chi connectivity index (χ3v) is 6.45. The number of rotatable bonds is 5. The molecule has 4 rings (SSSR count). The SMILES string of the molecule is Cc1nc(-c2ccsc2)sc1C(=O)Nc1nnc(Cc2ccc(F)cc2)s1. The number of anilines is 1. The molecule has 136 valence electrons. The Labute approximate surface area is 166 Å². The minimum absolute atomic E-state index is 0.240. The molecule has 27 heavy (non-hydrogen) atoms. The molecule has 1 amide bonds. The van der Waals surface area contributed by atoms with E-state index in [0.29, 0.717) is 22.1 Å². The van der Waals surface area contributed by atoms with Crippen LogP contribution in [0.5, 0.6) is 0 Å². The molecule has 5 nitrogen and oxygen atoms in total. The number of carbonyl (C=O) groups is 1. The summed E-state index contributed by atoms with van der Waals surface area (Å²) < 4.78 is 13.0. The number of thiazole rings is 1. The Morgan fingerprint density at radius 3 is 2.70 bits per heavy atom. The van der Waals surface area contributed by atoms with Crippen LogP contribution in [0.2, 0.25) is 0 Å². The van der Waals surface area contributed by atoms with Gasteiger partial charge < -0.3 is 0 Å². The van der Waals surface area contributed by atoms with Crippen molar-refractivity contribution in [1.29, 1.82) is 0 Å². The summed E-state index contributed by atoms with van der Waals surface area (Å²) in [4.78, 5) is 17.6. The first-order chi connectivity index (χ1) is 13.1. The topological polar surface area (TPSA) is 67.8 Å². The maximum absolute atomic E-state index is 13.0. The zero-order chi connectivity index (χ0) is 18.8. The fraction of sp³-hybridized carbons (Fsp3) is 0.111. The van der Waals surface area contributed by atoms with E-state index in [2.05, 4.69) is 20.5 Å². The van der Waals surface area contributed by atoms with E-state index in [1.807, 2.05) is 23.8 Å². The molecule has 0 fully saturated rings. The lowest BCUT2D eigenvalue weighted by atomic mass is 10.2. The molecule has 1 N–H and O–H groups in total. The van der Waals surface area contributed by atoms with E-state index < -0.39 is 0 Å². The average Bonchev–Trinajstić information content (AvgIpc) is 3.38. The molecule has 4 aromatic rings. The number of carbonyl (C=O) groups excluding carboxylic acids is 1. The van der Waals surface area contributed by atoms with Crippen molar-refractivity contribution in [2.75, 3.05) is 5.32 Å². The van der Waals surface area contributed by atoms with Crippen LogP contribution >= 0.6 is 34.0 Å². The van der Waals surface area contributed by atoms with Crippen LogP contribution < -0.4 is 5.32 Å². The highest BCUT2D eigenvalue weighted by Crippen LogP contribution is 2.30. The quantitative estimate of drug-likeness (QED) is 0.496. The van der Waals surface area contributed by atoms with Crippen LogP contribution in [-0.2, 0) is 6.42 Å². The van der Waals surface area contributed by atoms with Crippen molar-refractivity contribution in [3.8, 4) is 10.6 Å². The van der Waals surface area contributed by atoms with E-state index in [1.54, 1.807) is 23.5 Å². The highest BCUT2D eigenvalue weighted by atomic mass is 32.1. The standard InChI is InChI=1S/C18H13FN4OS3/c1-10-15(27-17(20-10)12-6-7-25-9-12)16(24)21-18-23-22-14(26-18)8-11-2-4-13(19)5-3-11/h2-7,9H,8H2,1H3,(H,21,23,24). The van der Waals surface area contributed by atoms with Crippen molar-refractivity contribution in [3.63, 3.8) is 0 Å². The van der Waals surface area contributed by atoms with Gasteiger partial charge in [-0.2, -0.15) is 11.3 Å². The predicted octanol–water partition coefficient (Wildman–Crippen LogP) is 5.01. The molecule has 0 bridgehead atoms. The predicted molar refractivity (Wildman–Crippen MR) is 107 cm³/mol. The molecule has 0 radical (unpaired) electrons. The number of hydrogen-bond donors (Lipinski definition) is 1. The maximum atomic E-state index is 13.0. The molecule has 0 atom stereocenters. The van der Waals surface area contributed by atoms with Gasteiger partial charge in [-0.25, -0.2) is 9.37 Å². The van der Waals surface area contributed by atoms with E-state index >= 15 is 0 Å². The molecule has 0 saturated carbocycles. The molecule has 0 saturated heterocycles. The summed E-state index contributed by atoms with van der Waals surface area (Å²) >= 11 is 4.26. The summed E-state index contributed by atoms with van der Waals surface area (Å²) in [5.74, 6) is -0.512. The summed E-state index contributed by atoms with van der Waals surface area (Å²) in [6.07, 6.45) is 0.537. The lowest BCUT2D eigenvalue weighted by molar-refractivity contribution is 0.102. The molecular formula is C18H13FN4OS3. The molecule has 0 aliphatic heterocycles. The molecule has 1 aromatic carbocycles. The Morgan fingerprint density at radius 2 is 1.96 bits per heavy atom. The minimum atomic E-state index is -0.272. The van der Waals surface area contributed by atoms with E-state index in [4.69, 9.17) is 0 Å². The maximum Gasteiger partial charge on any atom is 0.269 e. The van der Waals surface area contributed by atoms with E-state index in [0.717, 1.165) is 21.1 Å². The van der Waals surface area contributed by atoms with Gasteiger partial charge in [0.15, 0.2) is 0 Å². The van der Waals surface area contributed by atoms with Gasteiger partial charge in [-0.15, -0.1) is 21.5 Å². The van der Waals surface area contributed by atoms with Gasteiger partial charge in [0, 0.05) is 17.4 Å².